The first-order valence-electron chi connectivity index (χ1n) is 7.05. The predicted molar refractivity (Wildman–Crippen MR) is 76.7 cm³/mol. The maximum atomic E-state index is 11.1. The molecule has 3 nitrogen and oxygen atoms in total. The van der Waals surface area contributed by atoms with Crippen LogP contribution in [0, 0.1) is 0 Å². The zero-order valence-electron chi connectivity index (χ0n) is 11.9. The minimum Gasteiger partial charge on any atom is -0.491 e. The van der Waals surface area contributed by atoms with E-state index in [1.54, 1.807) is 24.3 Å². The monoisotopic (exact) mass is 264 g/mol. The molecule has 1 unspecified atom stereocenters. The summed E-state index contributed by atoms with van der Waals surface area (Å²) in [5, 5.41) is 9.77. The lowest BCUT2D eigenvalue weighted by Gasteiger charge is -2.12. The Morgan fingerprint density at radius 2 is 1.89 bits per heavy atom. The van der Waals surface area contributed by atoms with Crippen LogP contribution in [0.4, 0.5) is 0 Å². The SMILES string of the molecule is CCCCCCC(O)COc1ccc(C(C)=O)cc1. The molecule has 0 heterocycles. The number of ketones is 1. The fourth-order valence-electron chi connectivity index (χ4n) is 1.87. The van der Waals surface area contributed by atoms with Crippen LogP contribution in [0.2, 0.25) is 0 Å². The number of Topliss-reactive ketones (excluding diaryl/α,β-unsaturated/α-hetero) is 1. The van der Waals surface area contributed by atoms with Gasteiger partial charge in [-0.2, -0.15) is 0 Å². The van der Waals surface area contributed by atoms with Gasteiger partial charge < -0.3 is 9.84 Å². The Hall–Kier alpha value is -1.35. The molecule has 0 bridgehead atoms. The van der Waals surface area contributed by atoms with E-state index in [1.165, 1.54) is 26.2 Å². The molecular weight excluding hydrogens is 240 g/mol. The van der Waals surface area contributed by atoms with Crippen molar-refractivity contribution >= 4 is 5.78 Å². The number of carbonyl (C=O) groups excluding carboxylic acids is 1. The number of rotatable bonds is 9. The zero-order valence-corrected chi connectivity index (χ0v) is 11.9. The van der Waals surface area contributed by atoms with Gasteiger partial charge in [-0.25, -0.2) is 0 Å². The van der Waals surface area contributed by atoms with E-state index in [0.29, 0.717) is 17.9 Å². The number of ether oxygens (including phenoxy) is 1. The standard InChI is InChI=1S/C16H24O3/c1-3-4-5-6-7-15(18)12-19-16-10-8-14(9-11-16)13(2)17/h8-11,15,18H,3-7,12H2,1-2H3. The third-order valence-corrected chi connectivity index (χ3v) is 3.09. The highest BCUT2D eigenvalue weighted by Gasteiger charge is 2.05. The summed E-state index contributed by atoms with van der Waals surface area (Å²) in [4.78, 5) is 11.1. The third kappa shape index (κ3) is 6.39. The Bertz CT molecular complexity index is 370. The zero-order chi connectivity index (χ0) is 14.1. The molecule has 0 spiro atoms. The second-order valence-corrected chi connectivity index (χ2v) is 4.89. The van der Waals surface area contributed by atoms with Gasteiger partial charge in [0, 0.05) is 5.56 Å². The average molecular weight is 264 g/mol. The highest BCUT2D eigenvalue weighted by molar-refractivity contribution is 5.94. The third-order valence-electron chi connectivity index (χ3n) is 3.09. The molecule has 3 heteroatoms. The highest BCUT2D eigenvalue weighted by atomic mass is 16.5. The number of unbranched alkanes of at least 4 members (excludes halogenated alkanes) is 3. The maximum Gasteiger partial charge on any atom is 0.159 e. The molecule has 0 amide bonds. The number of carbonyl (C=O) groups is 1. The number of aliphatic hydroxyl groups excluding tert-OH is 1. The summed E-state index contributed by atoms with van der Waals surface area (Å²) in [5.74, 6) is 0.736. The van der Waals surface area contributed by atoms with Crippen molar-refractivity contribution in [2.45, 2.75) is 52.1 Å². The van der Waals surface area contributed by atoms with Crippen LogP contribution < -0.4 is 4.74 Å². The highest BCUT2D eigenvalue weighted by Crippen LogP contribution is 2.14. The summed E-state index contributed by atoms with van der Waals surface area (Å²) in [6, 6.07) is 7.01. The summed E-state index contributed by atoms with van der Waals surface area (Å²) >= 11 is 0. The molecule has 1 N–H and O–H groups in total. The van der Waals surface area contributed by atoms with Crippen LogP contribution in [0.25, 0.3) is 0 Å². The van der Waals surface area contributed by atoms with Gasteiger partial charge in [0.2, 0.25) is 0 Å². The van der Waals surface area contributed by atoms with Gasteiger partial charge in [0.15, 0.2) is 5.78 Å². The van der Waals surface area contributed by atoms with Crippen molar-refractivity contribution in [1.82, 2.24) is 0 Å². The van der Waals surface area contributed by atoms with Gasteiger partial charge >= 0.3 is 0 Å². The molecule has 0 radical (unpaired) electrons. The Labute approximate surface area is 115 Å². The van der Waals surface area contributed by atoms with Crippen molar-refractivity contribution in [3.05, 3.63) is 29.8 Å². The van der Waals surface area contributed by atoms with Gasteiger partial charge in [0.25, 0.3) is 0 Å². The normalized spacial score (nSPS) is 12.2. The fraction of sp³-hybridized carbons (Fsp3) is 0.562. The number of aliphatic hydroxyl groups is 1. The largest absolute Gasteiger partial charge is 0.491 e. The van der Waals surface area contributed by atoms with E-state index in [1.807, 2.05) is 0 Å². The Balaban J connectivity index is 2.25. The molecule has 0 aliphatic heterocycles. The van der Waals surface area contributed by atoms with E-state index in [9.17, 15) is 9.90 Å². The van der Waals surface area contributed by atoms with Gasteiger partial charge in [-0.15, -0.1) is 0 Å². The smallest absolute Gasteiger partial charge is 0.159 e. The van der Waals surface area contributed by atoms with Crippen molar-refractivity contribution in [3.63, 3.8) is 0 Å². The summed E-state index contributed by atoms with van der Waals surface area (Å²) in [6.45, 7) is 4.02. The van der Waals surface area contributed by atoms with Gasteiger partial charge in [-0.1, -0.05) is 32.6 Å². The Morgan fingerprint density at radius 3 is 2.47 bits per heavy atom. The summed E-state index contributed by atoms with van der Waals surface area (Å²) < 4.78 is 5.50. The van der Waals surface area contributed by atoms with Crippen molar-refractivity contribution in [3.8, 4) is 5.75 Å². The molecular formula is C16H24O3. The molecule has 0 fully saturated rings. The van der Waals surface area contributed by atoms with Crippen molar-refractivity contribution in [1.29, 1.82) is 0 Å². The van der Waals surface area contributed by atoms with Crippen LogP contribution in [0.15, 0.2) is 24.3 Å². The first-order chi connectivity index (χ1) is 9.13. The minimum absolute atomic E-state index is 0.0440. The first-order valence-corrected chi connectivity index (χ1v) is 7.05. The van der Waals surface area contributed by atoms with Crippen LogP contribution in [0.3, 0.4) is 0 Å². The Kier molecular flexibility index (Phi) is 7.19. The second-order valence-electron chi connectivity index (χ2n) is 4.89. The first kappa shape index (κ1) is 15.7. The molecule has 0 aliphatic rings. The average Bonchev–Trinajstić information content (AvgIpc) is 2.42. The van der Waals surface area contributed by atoms with Crippen LogP contribution in [-0.2, 0) is 0 Å². The molecule has 1 rings (SSSR count). The second kappa shape index (κ2) is 8.70. The Morgan fingerprint density at radius 1 is 1.21 bits per heavy atom. The lowest BCUT2D eigenvalue weighted by atomic mass is 10.1. The summed E-state index contributed by atoms with van der Waals surface area (Å²) in [6.07, 6.45) is 5.01. The van der Waals surface area contributed by atoms with Crippen LogP contribution in [-0.4, -0.2) is 23.6 Å². The van der Waals surface area contributed by atoms with Crippen LogP contribution in [0.5, 0.6) is 5.75 Å². The maximum absolute atomic E-state index is 11.1. The molecule has 1 aromatic carbocycles. The van der Waals surface area contributed by atoms with E-state index >= 15 is 0 Å². The van der Waals surface area contributed by atoms with Gasteiger partial charge in [0.1, 0.15) is 12.4 Å². The fourth-order valence-corrected chi connectivity index (χ4v) is 1.87. The van der Waals surface area contributed by atoms with Crippen molar-refractivity contribution in [2.75, 3.05) is 6.61 Å². The molecule has 0 aliphatic carbocycles. The van der Waals surface area contributed by atoms with E-state index in [2.05, 4.69) is 6.92 Å². The van der Waals surface area contributed by atoms with E-state index < -0.39 is 6.10 Å². The molecule has 1 atom stereocenters. The number of hydrogen-bond acceptors (Lipinski definition) is 3. The molecule has 0 saturated heterocycles. The molecule has 19 heavy (non-hydrogen) atoms. The number of hydrogen-bond donors (Lipinski definition) is 1. The molecule has 0 saturated carbocycles. The number of benzene rings is 1. The minimum atomic E-state index is -0.413. The lowest BCUT2D eigenvalue weighted by molar-refractivity contribution is 0.0972. The molecule has 0 aromatic heterocycles. The van der Waals surface area contributed by atoms with E-state index in [-0.39, 0.29) is 5.78 Å². The van der Waals surface area contributed by atoms with Gasteiger partial charge in [-0.05, 0) is 37.6 Å². The summed E-state index contributed by atoms with van der Waals surface area (Å²) in [7, 11) is 0. The molecule has 1 aromatic rings. The van der Waals surface area contributed by atoms with E-state index in [0.717, 1.165) is 12.8 Å². The van der Waals surface area contributed by atoms with Crippen LogP contribution >= 0.6 is 0 Å². The van der Waals surface area contributed by atoms with Crippen molar-refractivity contribution < 1.29 is 14.6 Å². The summed E-state index contributed by atoms with van der Waals surface area (Å²) in [5.41, 5.74) is 0.674. The lowest BCUT2D eigenvalue weighted by Crippen LogP contribution is -2.17. The predicted octanol–water partition coefficient (Wildman–Crippen LogP) is 3.60. The van der Waals surface area contributed by atoms with E-state index in [4.69, 9.17) is 4.74 Å². The quantitative estimate of drug-likeness (QED) is 0.547. The van der Waals surface area contributed by atoms with Crippen molar-refractivity contribution in [2.24, 2.45) is 0 Å². The molecule has 106 valence electrons. The topological polar surface area (TPSA) is 46.5 Å². The van der Waals surface area contributed by atoms with Gasteiger partial charge in [0.05, 0.1) is 6.10 Å². The van der Waals surface area contributed by atoms with Gasteiger partial charge in [-0.3, -0.25) is 4.79 Å². The van der Waals surface area contributed by atoms with Crippen LogP contribution in [0.1, 0.15) is 56.3 Å².